The number of para-hydroxylation sites is 4. The molecule has 3 aromatic rings. The second-order valence-electron chi connectivity index (χ2n) is 7.78. The first kappa shape index (κ1) is 23.1. The monoisotopic (exact) mass is 457 g/mol. The number of carbonyl (C=O) groups is 1. The van der Waals surface area contributed by atoms with E-state index in [0.29, 0.717) is 42.2 Å². The number of anilines is 2. The zero-order valence-corrected chi connectivity index (χ0v) is 19.2. The Morgan fingerprint density at radius 3 is 2.41 bits per heavy atom. The second kappa shape index (κ2) is 10.7. The van der Waals surface area contributed by atoms with Gasteiger partial charge in [0.05, 0.1) is 29.4 Å². The molecule has 0 saturated carbocycles. The predicted molar refractivity (Wildman–Crippen MR) is 131 cm³/mol. The van der Waals surface area contributed by atoms with Gasteiger partial charge in [-0.15, -0.1) is 0 Å². The van der Waals surface area contributed by atoms with E-state index in [1.807, 2.05) is 49.4 Å². The van der Waals surface area contributed by atoms with Crippen LogP contribution in [-0.2, 0) is 9.53 Å². The zero-order chi connectivity index (χ0) is 23.9. The Bertz CT molecular complexity index is 1210. The summed E-state index contributed by atoms with van der Waals surface area (Å²) < 4.78 is 11.0. The number of ether oxygens (including phenoxy) is 2. The van der Waals surface area contributed by atoms with Crippen molar-refractivity contribution in [3.8, 4) is 11.8 Å². The molecule has 1 atom stereocenters. The summed E-state index contributed by atoms with van der Waals surface area (Å²) in [5.74, 6) is -0.432. The van der Waals surface area contributed by atoms with Crippen LogP contribution in [0.15, 0.2) is 61.2 Å². The van der Waals surface area contributed by atoms with Crippen molar-refractivity contribution in [1.82, 2.24) is 9.97 Å². The summed E-state index contributed by atoms with van der Waals surface area (Å²) in [5, 5.41) is 9.83. The number of nitrogens with zero attached hydrogens (tertiary/aromatic N) is 5. The lowest BCUT2D eigenvalue weighted by molar-refractivity contribution is -0.142. The average molecular weight is 458 g/mol. The smallest absolute Gasteiger partial charge is 0.330 e. The lowest BCUT2D eigenvalue weighted by atomic mass is 10.1. The molecule has 0 amide bonds. The number of nitriles is 1. The van der Waals surface area contributed by atoms with E-state index in [0.717, 1.165) is 24.5 Å². The third kappa shape index (κ3) is 4.79. The van der Waals surface area contributed by atoms with Crippen LogP contribution >= 0.6 is 0 Å². The minimum Gasteiger partial charge on any atom is -0.492 e. The van der Waals surface area contributed by atoms with Crippen LogP contribution in [0.2, 0.25) is 0 Å². The van der Waals surface area contributed by atoms with Crippen molar-refractivity contribution >= 4 is 28.5 Å². The molecule has 1 fully saturated rings. The van der Waals surface area contributed by atoms with Crippen molar-refractivity contribution in [1.29, 1.82) is 5.26 Å². The van der Waals surface area contributed by atoms with Crippen molar-refractivity contribution in [2.45, 2.75) is 12.8 Å². The molecule has 0 radical (unpaired) electrons. The molecule has 4 rings (SSSR count). The maximum atomic E-state index is 12.6. The standard InChI is InChI=1S/C26H27N5O3/c1-3-17-34-26(32)19(18-27)24-25(29-21-10-6-5-9-20(21)28-24)31-15-13-30(14-16-31)22-11-7-8-12-23(22)33-4-2/h3,5-12,19H,1,4,13-17H2,2H3/t19-/m1/s1. The highest BCUT2D eigenvalue weighted by Gasteiger charge is 2.31. The van der Waals surface area contributed by atoms with Crippen LogP contribution in [0, 0.1) is 11.3 Å². The van der Waals surface area contributed by atoms with E-state index in [-0.39, 0.29) is 6.61 Å². The van der Waals surface area contributed by atoms with E-state index >= 15 is 0 Å². The van der Waals surface area contributed by atoms with Crippen molar-refractivity contribution < 1.29 is 14.3 Å². The fourth-order valence-corrected chi connectivity index (χ4v) is 4.04. The Kier molecular flexibility index (Phi) is 7.23. The van der Waals surface area contributed by atoms with Crippen molar-refractivity contribution in [2.75, 3.05) is 49.2 Å². The topological polar surface area (TPSA) is 91.6 Å². The molecular weight excluding hydrogens is 430 g/mol. The van der Waals surface area contributed by atoms with Gasteiger partial charge in [-0.05, 0) is 31.2 Å². The largest absolute Gasteiger partial charge is 0.492 e. The lowest BCUT2D eigenvalue weighted by Crippen LogP contribution is -2.47. The maximum Gasteiger partial charge on any atom is 0.330 e. The van der Waals surface area contributed by atoms with Crippen molar-refractivity contribution in [3.63, 3.8) is 0 Å². The van der Waals surface area contributed by atoms with Crippen LogP contribution < -0.4 is 14.5 Å². The van der Waals surface area contributed by atoms with Gasteiger partial charge >= 0.3 is 5.97 Å². The molecule has 0 aliphatic carbocycles. The molecule has 0 bridgehead atoms. The minimum atomic E-state index is -1.18. The number of carbonyl (C=O) groups excluding carboxylic acids is 1. The summed E-state index contributed by atoms with van der Waals surface area (Å²) in [5.41, 5.74) is 2.71. The molecule has 1 aromatic heterocycles. The molecular formula is C26H27N5O3. The highest BCUT2D eigenvalue weighted by atomic mass is 16.5. The fourth-order valence-electron chi connectivity index (χ4n) is 4.04. The molecule has 0 spiro atoms. The van der Waals surface area contributed by atoms with Gasteiger partial charge in [-0.2, -0.15) is 5.26 Å². The first-order valence-corrected chi connectivity index (χ1v) is 11.3. The number of esters is 1. The van der Waals surface area contributed by atoms with Crippen LogP contribution in [0.1, 0.15) is 18.5 Å². The molecule has 0 unspecified atom stereocenters. The number of benzene rings is 2. The highest BCUT2D eigenvalue weighted by Crippen LogP contribution is 2.32. The maximum absolute atomic E-state index is 12.6. The van der Waals surface area contributed by atoms with Gasteiger partial charge in [-0.3, -0.25) is 4.79 Å². The molecule has 174 valence electrons. The van der Waals surface area contributed by atoms with E-state index in [1.54, 1.807) is 0 Å². The minimum absolute atomic E-state index is 0.0330. The van der Waals surface area contributed by atoms with Crippen molar-refractivity contribution in [3.05, 3.63) is 66.9 Å². The van der Waals surface area contributed by atoms with E-state index in [9.17, 15) is 10.1 Å². The van der Waals surface area contributed by atoms with E-state index in [1.165, 1.54) is 6.08 Å². The first-order chi connectivity index (χ1) is 16.7. The van der Waals surface area contributed by atoms with Crippen LogP contribution in [0.5, 0.6) is 5.75 Å². The first-order valence-electron chi connectivity index (χ1n) is 11.3. The molecule has 2 aromatic carbocycles. The lowest BCUT2D eigenvalue weighted by Gasteiger charge is -2.38. The van der Waals surface area contributed by atoms with E-state index in [4.69, 9.17) is 14.5 Å². The van der Waals surface area contributed by atoms with Crippen LogP contribution in [0.4, 0.5) is 11.5 Å². The molecule has 1 aliphatic heterocycles. The van der Waals surface area contributed by atoms with Gasteiger partial charge in [-0.1, -0.05) is 36.9 Å². The third-order valence-corrected chi connectivity index (χ3v) is 5.64. The summed E-state index contributed by atoms with van der Waals surface area (Å²) in [6.45, 7) is 8.94. The number of aromatic nitrogens is 2. The Hall–Kier alpha value is -4.12. The molecule has 8 heteroatoms. The second-order valence-corrected chi connectivity index (χ2v) is 7.78. The van der Waals surface area contributed by atoms with Gasteiger partial charge in [0.2, 0.25) is 0 Å². The van der Waals surface area contributed by atoms with Crippen LogP contribution in [0.25, 0.3) is 11.0 Å². The number of fused-ring (bicyclic) bond motifs is 1. The Morgan fingerprint density at radius 2 is 1.74 bits per heavy atom. The van der Waals surface area contributed by atoms with Gasteiger partial charge in [0, 0.05) is 26.2 Å². The number of hydrogen-bond donors (Lipinski definition) is 0. The number of rotatable bonds is 8. The van der Waals surface area contributed by atoms with Gasteiger partial charge in [0.15, 0.2) is 11.7 Å². The molecule has 1 aliphatic rings. The summed E-state index contributed by atoms with van der Waals surface area (Å²) in [6, 6.07) is 17.5. The van der Waals surface area contributed by atoms with Gasteiger partial charge in [0.1, 0.15) is 18.1 Å². The number of piperazine rings is 1. The summed E-state index contributed by atoms with van der Waals surface area (Å²) >= 11 is 0. The van der Waals surface area contributed by atoms with Gasteiger partial charge < -0.3 is 19.3 Å². The summed E-state index contributed by atoms with van der Waals surface area (Å²) in [4.78, 5) is 26.5. The Labute approximate surface area is 199 Å². The quantitative estimate of drug-likeness (QED) is 0.374. The molecule has 2 heterocycles. The van der Waals surface area contributed by atoms with E-state index in [2.05, 4.69) is 33.5 Å². The van der Waals surface area contributed by atoms with Crippen LogP contribution in [0.3, 0.4) is 0 Å². The molecule has 0 N–H and O–H groups in total. The normalized spacial score (nSPS) is 14.4. The molecule has 1 saturated heterocycles. The van der Waals surface area contributed by atoms with Crippen molar-refractivity contribution in [2.24, 2.45) is 0 Å². The highest BCUT2D eigenvalue weighted by molar-refractivity contribution is 5.85. The Balaban J connectivity index is 1.64. The Morgan fingerprint density at radius 1 is 1.09 bits per heavy atom. The van der Waals surface area contributed by atoms with Crippen LogP contribution in [-0.4, -0.2) is 55.3 Å². The molecule has 34 heavy (non-hydrogen) atoms. The predicted octanol–water partition coefficient (Wildman–Crippen LogP) is 3.69. The summed E-state index contributed by atoms with van der Waals surface area (Å²) in [7, 11) is 0. The zero-order valence-electron chi connectivity index (χ0n) is 19.2. The number of hydrogen-bond acceptors (Lipinski definition) is 8. The average Bonchev–Trinajstić information content (AvgIpc) is 2.88. The molecule has 8 nitrogen and oxygen atoms in total. The van der Waals surface area contributed by atoms with Gasteiger partial charge in [-0.25, -0.2) is 9.97 Å². The fraction of sp³-hybridized carbons (Fsp3) is 0.308. The summed E-state index contributed by atoms with van der Waals surface area (Å²) in [6.07, 6.45) is 1.47. The van der Waals surface area contributed by atoms with Gasteiger partial charge in [0.25, 0.3) is 0 Å². The SMILES string of the molecule is C=CCOC(=O)[C@H](C#N)c1nc2ccccc2nc1N1CCN(c2ccccc2OCC)CC1. The van der Waals surface area contributed by atoms with E-state index < -0.39 is 11.9 Å². The third-order valence-electron chi connectivity index (χ3n) is 5.64.